The van der Waals surface area contributed by atoms with Gasteiger partial charge in [-0.05, 0) is 62.4 Å². The van der Waals surface area contributed by atoms with E-state index in [-0.39, 0.29) is 11.6 Å². The summed E-state index contributed by atoms with van der Waals surface area (Å²) in [6.45, 7) is 2.60. The molecule has 166 valence electrons. The van der Waals surface area contributed by atoms with Crippen LogP contribution in [0.2, 0.25) is 0 Å². The normalized spacial score (nSPS) is 16.3. The third kappa shape index (κ3) is 4.09. The highest BCUT2D eigenvalue weighted by molar-refractivity contribution is 6.07. The van der Waals surface area contributed by atoms with Gasteiger partial charge in [-0.2, -0.15) is 0 Å². The molecule has 1 saturated heterocycles. The minimum absolute atomic E-state index is 0.131. The Balaban J connectivity index is 1.42. The van der Waals surface area contributed by atoms with Crippen molar-refractivity contribution >= 4 is 17.4 Å². The molecule has 8 heteroatoms. The largest absolute Gasteiger partial charge is 0.356 e. The van der Waals surface area contributed by atoms with Crippen molar-refractivity contribution in [2.45, 2.75) is 51.5 Å². The molecule has 0 bridgehead atoms. The Labute approximate surface area is 186 Å². The van der Waals surface area contributed by atoms with Gasteiger partial charge in [0.15, 0.2) is 5.82 Å². The molecule has 0 unspecified atom stereocenters. The van der Waals surface area contributed by atoms with Crippen molar-refractivity contribution < 1.29 is 9.18 Å². The summed E-state index contributed by atoms with van der Waals surface area (Å²) in [6, 6.07) is 8.19. The van der Waals surface area contributed by atoms with Crippen LogP contribution in [-0.4, -0.2) is 38.7 Å². The summed E-state index contributed by atoms with van der Waals surface area (Å²) in [6.07, 6.45) is 9.29. The van der Waals surface area contributed by atoms with Gasteiger partial charge in [0.05, 0.1) is 11.3 Å². The van der Waals surface area contributed by atoms with Crippen LogP contribution in [0.5, 0.6) is 0 Å². The lowest BCUT2D eigenvalue weighted by Crippen LogP contribution is -2.32. The summed E-state index contributed by atoms with van der Waals surface area (Å²) in [7, 11) is 0. The van der Waals surface area contributed by atoms with E-state index < -0.39 is 5.82 Å². The van der Waals surface area contributed by atoms with Crippen LogP contribution < -0.4 is 10.2 Å². The van der Waals surface area contributed by atoms with Crippen molar-refractivity contribution in [1.82, 2.24) is 19.7 Å². The number of aryl methyl sites for hydroxylation is 1. The number of fused-ring (bicyclic) bond motifs is 1. The molecule has 1 aromatic carbocycles. The van der Waals surface area contributed by atoms with Gasteiger partial charge in [-0.1, -0.05) is 6.42 Å². The highest BCUT2D eigenvalue weighted by Gasteiger charge is 2.22. The molecule has 1 amide bonds. The maximum absolute atomic E-state index is 14.7. The Hall–Kier alpha value is -3.29. The van der Waals surface area contributed by atoms with Crippen molar-refractivity contribution in [2.75, 3.05) is 23.3 Å². The smallest absolute Gasteiger partial charge is 0.259 e. The second-order valence-corrected chi connectivity index (χ2v) is 8.47. The number of amides is 1. The second kappa shape index (κ2) is 9.06. The highest BCUT2D eigenvalue weighted by Crippen LogP contribution is 2.28. The Kier molecular flexibility index (Phi) is 5.83. The maximum atomic E-state index is 14.7. The van der Waals surface area contributed by atoms with E-state index in [2.05, 4.69) is 30.0 Å². The third-order valence-corrected chi connectivity index (χ3v) is 6.27. The predicted molar refractivity (Wildman–Crippen MR) is 121 cm³/mol. The fraction of sp³-hybridized carbons (Fsp3) is 0.417. The number of benzene rings is 1. The number of carbonyl (C=O) groups excluding carboxylic acids is 1. The molecule has 2 aliphatic rings. The third-order valence-electron chi connectivity index (χ3n) is 6.27. The van der Waals surface area contributed by atoms with Crippen LogP contribution in [0.1, 0.15) is 54.7 Å². The number of nitrogens with one attached hydrogen (secondary N) is 1. The fourth-order valence-corrected chi connectivity index (χ4v) is 4.58. The molecular weight excluding hydrogens is 407 g/mol. The number of rotatable bonds is 4. The second-order valence-electron chi connectivity index (χ2n) is 8.47. The lowest BCUT2D eigenvalue weighted by molar-refractivity contribution is 0.102. The maximum Gasteiger partial charge on any atom is 0.259 e. The quantitative estimate of drug-likeness (QED) is 0.657. The molecule has 0 spiro atoms. The van der Waals surface area contributed by atoms with E-state index in [1.165, 1.54) is 12.5 Å². The minimum atomic E-state index is -0.485. The molecule has 3 aromatic rings. The molecule has 2 aromatic heterocycles. The van der Waals surface area contributed by atoms with Gasteiger partial charge in [-0.15, -0.1) is 10.2 Å². The van der Waals surface area contributed by atoms with Crippen molar-refractivity contribution in [2.24, 2.45) is 0 Å². The predicted octanol–water partition coefficient (Wildman–Crippen LogP) is 4.45. The molecule has 0 aliphatic carbocycles. The van der Waals surface area contributed by atoms with Crippen molar-refractivity contribution in [3.8, 4) is 11.4 Å². The molecule has 0 atom stereocenters. The highest BCUT2D eigenvalue weighted by atomic mass is 19.1. The number of nitrogens with zero attached hydrogens (tertiary/aromatic N) is 5. The summed E-state index contributed by atoms with van der Waals surface area (Å²) in [5, 5.41) is 11.5. The zero-order chi connectivity index (χ0) is 21.9. The summed E-state index contributed by atoms with van der Waals surface area (Å²) in [5.41, 5.74) is 1.33. The average molecular weight is 435 g/mol. The van der Waals surface area contributed by atoms with Crippen LogP contribution in [-0.2, 0) is 13.0 Å². The molecule has 4 heterocycles. The number of piperidine rings is 1. The van der Waals surface area contributed by atoms with E-state index in [9.17, 15) is 9.18 Å². The topological polar surface area (TPSA) is 75.9 Å². The van der Waals surface area contributed by atoms with Gasteiger partial charge in [-0.25, -0.2) is 9.37 Å². The Morgan fingerprint density at radius 3 is 2.66 bits per heavy atom. The van der Waals surface area contributed by atoms with Gasteiger partial charge in [-0.3, -0.25) is 4.79 Å². The van der Waals surface area contributed by atoms with Crippen LogP contribution in [0.15, 0.2) is 36.5 Å². The minimum Gasteiger partial charge on any atom is -0.356 e. The molecule has 0 radical (unpaired) electrons. The van der Waals surface area contributed by atoms with Crippen LogP contribution in [0.25, 0.3) is 11.4 Å². The zero-order valence-electron chi connectivity index (χ0n) is 18.1. The number of aromatic nitrogens is 4. The molecule has 1 N–H and O–H groups in total. The number of pyridine rings is 1. The van der Waals surface area contributed by atoms with Crippen LogP contribution >= 0.6 is 0 Å². The molecule has 7 nitrogen and oxygen atoms in total. The van der Waals surface area contributed by atoms with Crippen LogP contribution in [0, 0.1) is 5.82 Å². The summed E-state index contributed by atoms with van der Waals surface area (Å²) >= 11 is 0. The van der Waals surface area contributed by atoms with E-state index >= 15 is 0 Å². The van der Waals surface area contributed by atoms with Crippen LogP contribution in [0.4, 0.5) is 15.9 Å². The monoisotopic (exact) mass is 434 g/mol. The first-order valence-corrected chi connectivity index (χ1v) is 11.4. The lowest BCUT2D eigenvalue weighted by Gasteiger charge is -2.29. The van der Waals surface area contributed by atoms with Crippen LogP contribution in [0.3, 0.4) is 0 Å². The van der Waals surface area contributed by atoms with E-state index in [0.29, 0.717) is 17.2 Å². The fourth-order valence-electron chi connectivity index (χ4n) is 4.58. The van der Waals surface area contributed by atoms with Gasteiger partial charge in [0.2, 0.25) is 0 Å². The Morgan fingerprint density at radius 2 is 1.78 bits per heavy atom. The van der Waals surface area contributed by atoms with Crippen molar-refractivity contribution in [3.63, 3.8) is 0 Å². The molecule has 1 fully saturated rings. The van der Waals surface area contributed by atoms with E-state index in [0.717, 1.165) is 69.5 Å². The molecule has 2 aliphatic heterocycles. The van der Waals surface area contributed by atoms with E-state index in [1.807, 2.05) is 0 Å². The summed E-state index contributed by atoms with van der Waals surface area (Å²) < 4.78 is 16.8. The molecule has 5 rings (SSSR count). The summed E-state index contributed by atoms with van der Waals surface area (Å²) in [5.74, 6) is 1.49. The molecule has 32 heavy (non-hydrogen) atoms. The number of hydrogen-bond donors (Lipinski definition) is 1. The van der Waals surface area contributed by atoms with Gasteiger partial charge >= 0.3 is 0 Å². The number of hydrogen-bond acceptors (Lipinski definition) is 5. The number of carbonyl (C=O) groups is 1. The average Bonchev–Trinajstić information content (AvgIpc) is 3.09. The molecular formula is C24H27FN6O. The molecule has 0 saturated carbocycles. The van der Waals surface area contributed by atoms with Crippen molar-refractivity contribution in [3.05, 3.63) is 53.7 Å². The van der Waals surface area contributed by atoms with E-state index in [4.69, 9.17) is 0 Å². The first-order chi connectivity index (χ1) is 15.7. The van der Waals surface area contributed by atoms with Gasteiger partial charge < -0.3 is 14.8 Å². The number of anilines is 2. The van der Waals surface area contributed by atoms with Gasteiger partial charge in [0.25, 0.3) is 5.91 Å². The lowest BCUT2D eigenvalue weighted by atomic mass is 10.1. The zero-order valence-corrected chi connectivity index (χ0v) is 18.1. The van der Waals surface area contributed by atoms with E-state index in [1.54, 1.807) is 30.5 Å². The Bertz CT molecular complexity index is 1120. The first-order valence-electron chi connectivity index (χ1n) is 11.4. The SMILES string of the molecule is O=C(Nc1cc(-c2nnc3n2CCCCC3)ccc1F)c1cccnc1N1CCCCC1. The number of halogens is 1. The first kappa shape index (κ1) is 20.6. The standard InChI is InChI=1S/C24H27FN6O/c25-19-11-10-17(22-29-28-21-9-3-1-6-15-31(21)22)16-20(19)27-24(32)18-8-7-12-26-23(18)30-13-4-2-5-14-30/h7-8,10-12,16H,1-6,9,13-15H2,(H,27,32). The van der Waals surface area contributed by atoms with Gasteiger partial charge in [0.1, 0.15) is 17.5 Å². The summed E-state index contributed by atoms with van der Waals surface area (Å²) in [4.78, 5) is 19.7. The Morgan fingerprint density at radius 1 is 0.969 bits per heavy atom. The van der Waals surface area contributed by atoms with Crippen molar-refractivity contribution in [1.29, 1.82) is 0 Å². The van der Waals surface area contributed by atoms with Gasteiger partial charge in [0, 0.05) is 37.8 Å².